The van der Waals surface area contributed by atoms with Crippen molar-refractivity contribution in [3.05, 3.63) is 207 Å². The summed E-state index contributed by atoms with van der Waals surface area (Å²) in [5, 5.41) is 0. The number of piperazine rings is 1. The van der Waals surface area contributed by atoms with Gasteiger partial charge in [-0.05, 0) is 173 Å². The lowest BCUT2D eigenvalue weighted by Crippen LogP contribution is -2.44. The second kappa shape index (κ2) is 32.2. The van der Waals surface area contributed by atoms with Gasteiger partial charge in [0.15, 0.2) is 18.5 Å². The molecule has 4 saturated heterocycles. The summed E-state index contributed by atoms with van der Waals surface area (Å²) in [6, 6.07) is 47.7. The average molecular weight is 1230 g/mol. The quantitative estimate of drug-likeness (QED) is 0.0559. The van der Waals surface area contributed by atoms with Crippen molar-refractivity contribution >= 4 is 29.6 Å². The first-order valence-electron chi connectivity index (χ1n) is 33.0. The van der Waals surface area contributed by atoms with Crippen LogP contribution < -0.4 is 4.90 Å². The highest BCUT2D eigenvalue weighted by Gasteiger charge is 2.51. The molecule has 6 fully saturated rings. The molecule has 0 bridgehead atoms. The third-order valence-electron chi connectivity index (χ3n) is 18.5. The Kier molecular flexibility index (Phi) is 23.5. The third kappa shape index (κ3) is 17.8. The molecule has 12 rings (SSSR count). The Balaban J connectivity index is 0.000000149. The van der Waals surface area contributed by atoms with Crippen molar-refractivity contribution in [2.75, 3.05) is 64.6 Å². The first-order chi connectivity index (χ1) is 43.8. The number of hydrogen-bond acceptors (Lipinski definition) is 14. The zero-order valence-electron chi connectivity index (χ0n) is 53.6. The van der Waals surface area contributed by atoms with Crippen LogP contribution in [0.4, 0.5) is 5.69 Å². The number of benzene rings is 6. The van der Waals surface area contributed by atoms with Gasteiger partial charge in [0.25, 0.3) is 0 Å². The monoisotopic (exact) mass is 1220 g/mol. The summed E-state index contributed by atoms with van der Waals surface area (Å²) < 4.78 is 46.5. The van der Waals surface area contributed by atoms with Gasteiger partial charge in [0.05, 0.1) is 48.7 Å². The molecule has 2 unspecified atom stereocenters. The van der Waals surface area contributed by atoms with Gasteiger partial charge >= 0.3 is 23.9 Å². The molecule has 2 saturated carbocycles. The van der Waals surface area contributed by atoms with Crippen LogP contribution in [0.3, 0.4) is 0 Å². The predicted molar refractivity (Wildman–Crippen MR) is 348 cm³/mol. The maximum absolute atomic E-state index is 12.6. The lowest BCUT2D eigenvalue weighted by molar-refractivity contribution is -0.191. The van der Waals surface area contributed by atoms with Crippen molar-refractivity contribution in [2.24, 2.45) is 11.8 Å². The molecule has 2 aliphatic carbocycles. The van der Waals surface area contributed by atoms with Crippen LogP contribution in [0.25, 0.3) is 0 Å². The van der Waals surface area contributed by atoms with Crippen molar-refractivity contribution in [3.63, 3.8) is 0 Å². The summed E-state index contributed by atoms with van der Waals surface area (Å²) in [6.07, 6.45) is 10.2. The van der Waals surface area contributed by atoms with Gasteiger partial charge in [-0.25, -0.2) is 19.2 Å². The van der Waals surface area contributed by atoms with Gasteiger partial charge in [-0.3, -0.25) is 0 Å². The highest BCUT2D eigenvalue weighted by atomic mass is 16.7. The summed E-state index contributed by atoms with van der Waals surface area (Å²) in [4.78, 5) is 54.7. The Morgan fingerprint density at radius 2 is 0.800 bits per heavy atom. The number of rotatable bonds is 19. The fraction of sp³-hybridized carbons (Fsp3) is 0.474. The van der Waals surface area contributed by atoms with Gasteiger partial charge in [0, 0.05) is 43.3 Å². The number of anilines is 1. The van der Waals surface area contributed by atoms with E-state index in [0.717, 1.165) is 101 Å². The molecule has 0 radical (unpaired) electrons. The molecule has 4 heterocycles. The number of carbonyl (C=O) groups excluding carboxylic acids is 4. The normalized spacial score (nSPS) is 24.3. The SMILES string of the molecule is CCCCc1ccc(C(=O)O[C@@H]2CO[C@H]3[C@@H]2OC[C@@H]3OC(=O)c2ccc(C)cc2)cc1.CCCCc1ccc(C2COC(c3ccc(N4CCN(C)CC4)cc3)OC2)cc1.CCCc1ccc(C(=O)OC2CC3CC(OC(=O)c4ccc(C)cc4)CC3C2)cc1. The van der Waals surface area contributed by atoms with Crippen LogP contribution in [0, 0.1) is 25.7 Å². The van der Waals surface area contributed by atoms with Gasteiger partial charge < -0.3 is 47.7 Å². The smallest absolute Gasteiger partial charge is 0.338 e. The molecular formula is C76H92N2O12. The summed E-state index contributed by atoms with van der Waals surface area (Å²) >= 11 is 0. The van der Waals surface area contributed by atoms with E-state index in [4.69, 9.17) is 37.9 Å². The molecule has 0 aromatic heterocycles. The summed E-state index contributed by atoms with van der Waals surface area (Å²) in [7, 11) is 2.19. The lowest BCUT2D eigenvalue weighted by atomic mass is 9.97. The average Bonchev–Trinajstić information content (AvgIpc) is 2.40. The number of carbonyl (C=O) groups is 4. The van der Waals surface area contributed by atoms with Crippen LogP contribution in [0.15, 0.2) is 146 Å². The number of aryl methyl sites for hydroxylation is 5. The highest BCUT2D eigenvalue weighted by molar-refractivity contribution is 5.91. The molecule has 14 nitrogen and oxygen atoms in total. The van der Waals surface area contributed by atoms with E-state index < -0.39 is 36.4 Å². The van der Waals surface area contributed by atoms with Gasteiger partial charge in [0.2, 0.25) is 0 Å². The maximum atomic E-state index is 12.6. The zero-order valence-corrected chi connectivity index (χ0v) is 53.6. The molecule has 0 N–H and O–H groups in total. The van der Waals surface area contributed by atoms with Crippen molar-refractivity contribution in [2.45, 2.75) is 161 Å². The van der Waals surface area contributed by atoms with E-state index in [1.807, 2.05) is 86.6 Å². The molecule has 0 spiro atoms. The summed E-state index contributed by atoms with van der Waals surface area (Å²) in [6.45, 7) is 16.8. The molecule has 6 atom stereocenters. The fourth-order valence-electron chi connectivity index (χ4n) is 13.0. The molecule has 6 aromatic rings. The number of hydrogen-bond donors (Lipinski definition) is 0. The fourth-order valence-corrected chi connectivity index (χ4v) is 13.0. The van der Waals surface area contributed by atoms with Crippen LogP contribution >= 0.6 is 0 Å². The Hall–Kier alpha value is -7.20. The third-order valence-corrected chi connectivity index (χ3v) is 18.5. The van der Waals surface area contributed by atoms with E-state index in [1.165, 1.54) is 47.2 Å². The zero-order chi connectivity index (χ0) is 62.9. The van der Waals surface area contributed by atoms with Crippen LogP contribution in [-0.2, 0) is 57.2 Å². The minimum Gasteiger partial charge on any atom is -0.459 e. The van der Waals surface area contributed by atoms with Gasteiger partial charge in [-0.15, -0.1) is 0 Å². The molecule has 14 heteroatoms. The molecule has 478 valence electrons. The second-order valence-corrected chi connectivity index (χ2v) is 25.4. The van der Waals surface area contributed by atoms with Gasteiger partial charge in [0.1, 0.15) is 24.4 Å². The number of ether oxygens (including phenoxy) is 8. The van der Waals surface area contributed by atoms with Gasteiger partial charge in [-0.1, -0.05) is 136 Å². The first-order valence-corrected chi connectivity index (χ1v) is 33.0. The van der Waals surface area contributed by atoms with Gasteiger partial charge in [-0.2, -0.15) is 0 Å². The van der Waals surface area contributed by atoms with Crippen molar-refractivity contribution in [1.82, 2.24) is 4.90 Å². The second-order valence-electron chi connectivity index (χ2n) is 25.4. The molecule has 6 aromatic carbocycles. The van der Waals surface area contributed by atoms with Crippen molar-refractivity contribution < 1.29 is 57.1 Å². The number of unbranched alkanes of at least 4 members (excludes halogenated alkanes) is 2. The standard InChI is InChI=1S/C26H30O4.C25H34N2O2.C25H28O6/c1-3-4-18-7-11-20(12-8-18)26(28)30-24-15-21-13-23(14-22(21)16-24)29-25(27)19-9-5-17(2)6-10-19;1-3-4-5-20-6-8-21(9-7-20)23-18-28-25(29-19-23)22-10-12-24(13-11-22)27-16-14-26(2)15-17-27;1-3-4-5-17-8-12-19(13-9-17)25(27)31-21-15-29-22-20(14-28-23(21)22)30-24(26)18-10-6-16(2)7-11-18/h5-12,21-24H,3-4,13-16H2,1-2H3;6-13,23,25H,3-5,14-19H2,1-2H3;6-13,20-23H,3-5,14-15H2,1-2H3/t;;20-,21+,22+,23+/m..0/s1. The van der Waals surface area contributed by atoms with E-state index in [0.29, 0.717) is 53.2 Å². The minimum atomic E-state index is -0.527. The molecule has 0 amide bonds. The van der Waals surface area contributed by atoms with E-state index in [1.54, 1.807) is 24.3 Å². The largest absolute Gasteiger partial charge is 0.459 e. The van der Waals surface area contributed by atoms with Crippen molar-refractivity contribution in [3.8, 4) is 0 Å². The van der Waals surface area contributed by atoms with E-state index >= 15 is 0 Å². The lowest BCUT2D eigenvalue weighted by Gasteiger charge is -2.34. The molecule has 4 aliphatic heterocycles. The van der Waals surface area contributed by atoms with E-state index in [9.17, 15) is 19.2 Å². The number of nitrogens with zero attached hydrogens (tertiary/aromatic N) is 2. The van der Waals surface area contributed by atoms with E-state index in [-0.39, 0.29) is 43.7 Å². The molecular weight excluding hydrogens is 1130 g/mol. The summed E-state index contributed by atoms with van der Waals surface area (Å²) in [5.41, 5.74) is 12.0. The highest BCUT2D eigenvalue weighted by Crippen LogP contribution is 2.46. The van der Waals surface area contributed by atoms with Crippen molar-refractivity contribution in [1.29, 1.82) is 0 Å². The van der Waals surface area contributed by atoms with Crippen LogP contribution in [0.2, 0.25) is 0 Å². The number of fused-ring (bicyclic) bond motifs is 2. The van der Waals surface area contributed by atoms with E-state index in [2.05, 4.69) is 86.1 Å². The number of esters is 4. The van der Waals surface area contributed by atoms with Crippen LogP contribution in [0.5, 0.6) is 0 Å². The first kappa shape index (κ1) is 65.7. The number of likely N-dealkylation sites (N-methyl/N-ethyl adjacent to an activating group) is 1. The Morgan fingerprint density at radius 1 is 0.422 bits per heavy atom. The molecule has 6 aliphatic rings. The van der Waals surface area contributed by atoms with Crippen LogP contribution in [-0.4, -0.2) is 125 Å². The Labute approximate surface area is 532 Å². The Morgan fingerprint density at radius 3 is 1.21 bits per heavy atom. The van der Waals surface area contributed by atoms with Crippen LogP contribution in [0.1, 0.15) is 171 Å². The summed E-state index contributed by atoms with van der Waals surface area (Å²) in [5.74, 6) is -0.0477. The maximum Gasteiger partial charge on any atom is 0.338 e. The molecule has 90 heavy (non-hydrogen) atoms. The minimum absolute atomic E-state index is 0.0310. The Bertz CT molecular complexity index is 3210. The topological polar surface area (TPSA) is 149 Å². The predicted octanol–water partition coefficient (Wildman–Crippen LogP) is 14.0.